The van der Waals surface area contributed by atoms with Crippen LogP contribution in [0.25, 0.3) is 10.1 Å². The molecule has 6 heteroatoms. The van der Waals surface area contributed by atoms with Gasteiger partial charge in [0.1, 0.15) is 4.88 Å². The summed E-state index contributed by atoms with van der Waals surface area (Å²) in [6.07, 6.45) is 1.54. The quantitative estimate of drug-likeness (QED) is 0.776. The van der Waals surface area contributed by atoms with Gasteiger partial charge in [-0.2, -0.15) is 0 Å². The van der Waals surface area contributed by atoms with E-state index < -0.39 is 0 Å². The molecular formula is C14H13N3O2S. The molecule has 0 saturated heterocycles. The first-order valence-electron chi connectivity index (χ1n) is 6.11. The molecule has 0 aliphatic heterocycles. The van der Waals surface area contributed by atoms with E-state index in [4.69, 9.17) is 10.3 Å². The van der Waals surface area contributed by atoms with E-state index in [1.54, 1.807) is 6.07 Å². The van der Waals surface area contributed by atoms with Crippen molar-refractivity contribution in [1.82, 2.24) is 10.5 Å². The zero-order chi connectivity index (χ0) is 14.1. The van der Waals surface area contributed by atoms with Gasteiger partial charge in [0.2, 0.25) is 0 Å². The van der Waals surface area contributed by atoms with E-state index in [1.165, 1.54) is 17.5 Å². The van der Waals surface area contributed by atoms with Crippen molar-refractivity contribution in [2.24, 2.45) is 0 Å². The molecule has 0 aliphatic carbocycles. The van der Waals surface area contributed by atoms with Gasteiger partial charge in [-0.1, -0.05) is 16.8 Å². The Hall–Kier alpha value is -2.34. The fraction of sp³-hybridized carbons (Fsp3) is 0.143. The van der Waals surface area contributed by atoms with Gasteiger partial charge >= 0.3 is 0 Å². The number of nitrogens with zero attached hydrogens (tertiary/aromatic N) is 1. The topological polar surface area (TPSA) is 81.2 Å². The van der Waals surface area contributed by atoms with Crippen molar-refractivity contribution >= 4 is 33.0 Å². The normalized spacial score (nSPS) is 10.8. The van der Waals surface area contributed by atoms with Gasteiger partial charge in [-0.25, -0.2) is 0 Å². The second-order valence-corrected chi connectivity index (χ2v) is 5.56. The number of anilines is 1. The smallest absolute Gasteiger partial charge is 0.263 e. The molecule has 3 rings (SSSR count). The second-order valence-electron chi connectivity index (χ2n) is 4.51. The fourth-order valence-corrected chi connectivity index (χ4v) is 3.00. The number of aryl methyl sites for hydroxylation is 1. The average molecular weight is 287 g/mol. The van der Waals surface area contributed by atoms with Gasteiger partial charge in [-0.3, -0.25) is 4.79 Å². The number of hydrogen-bond acceptors (Lipinski definition) is 5. The lowest BCUT2D eigenvalue weighted by molar-refractivity contribution is 0.0952. The number of aromatic nitrogens is 1. The molecule has 5 nitrogen and oxygen atoms in total. The van der Waals surface area contributed by atoms with E-state index in [9.17, 15) is 4.79 Å². The molecule has 0 atom stereocenters. The summed E-state index contributed by atoms with van der Waals surface area (Å²) in [6, 6.07) is 7.69. The Kier molecular flexibility index (Phi) is 3.15. The number of fused-ring (bicyclic) bond motifs is 1. The Balaban J connectivity index is 1.86. The third kappa shape index (κ3) is 2.25. The molecular weight excluding hydrogens is 274 g/mol. The minimum atomic E-state index is -0.197. The van der Waals surface area contributed by atoms with Crippen molar-refractivity contribution in [1.29, 1.82) is 0 Å². The lowest BCUT2D eigenvalue weighted by atomic mass is 10.1. The van der Waals surface area contributed by atoms with Gasteiger partial charge in [0.05, 0.1) is 18.4 Å². The molecule has 0 radical (unpaired) electrons. The number of benzene rings is 1. The molecule has 3 aromatic rings. The van der Waals surface area contributed by atoms with Crippen LogP contribution in [0.4, 0.5) is 5.69 Å². The summed E-state index contributed by atoms with van der Waals surface area (Å²) in [6.45, 7) is 2.30. The lowest BCUT2D eigenvalue weighted by Crippen LogP contribution is -2.22. The van der Waals surface area contributed by atoms with Crippen molar-refractivity contribution in [3.05, 3.63) is 46.7 Å². The number of thiophene rings is 1. The van der Waals surface area contributed by atoms with E-state index in [2.05, 4.69) is 10.5 Å². The number of carbonyl (C=O) groups is 1. The van der Waals surface area contributed by atoms with E-state index in [-0.39, 0.29) is 5.91 Å². The summed E-state index contributed by atoms with van der Waals surface area (Å²) >= 11 is 1.39. The van der Waals surface area contributed by atoms with E-state index in [0.29, 0.717) is 22.9 Å². The molecule has 20 heavy (non-hydrogen) atoms. The molecule has 2 heterocycles. The van der Waals surface area contributed by atoms with Crippen LogP contribution in [0.2, 0.25) is 0 Å². The summed E-state index contributed by atoms with van der Waals surface area (Å²) < 4.78 is 5.94. The highest BCUT2D eigenvalue weighted by molar-refractivity contribution is 7.21. The highest BCUT2D eigenvalue weighted by Gasteiger charge is 2.16. The summed E-state index contributed by atoms with van der Waals surface area (Å²) in [7, 11) is 0. The number of nitrogens with one attached hydrogen (secondary N) is 1. The van der Waals surface area contributed by atoms with Crippen LogP contribution in [-0.2, 0) is 6.54 Å². The Morgan fingerprint density at radius 1 is 1.45 bits per heavy atom. The van der Waals surface area contributed by atoms with Crippen molar-refractivity contribution in [2.45, 2.75) is 13.5 Å². The number of carbonyl (C=O) groups excluding carboxylic acids is 1. The minimum Gasteiger partial charge on any atom is -0.397 e. The number of nitrogens with two attached hydrogens (primary N) is 1. The van der Waals surface area contributed by atoms with Crippen LogP contribution in [0.1, 0.15) is 21.0 Å². The Bertz CT molecular complexity index is 762. The van der Waals surface area contributed by atoms with E-state index in [1.807, 2.05) is 25.1 Å². The molecule has 0 fully saturated rings. The molecule has 0 saturated carbocycles. The van der Waals surface area contributed by atoms with Gasteiger partial charge < -0.3 is 15.6 Å². The van der Waals surface area contributed by atoms with Gasteiger partial charge in [-0.05, 0) is 19.1 Å². The van der Waals surface area contributed by atoms with E-state index >= 15 is 0 Å². The third-order valence-corrected chi connectivity index (χ3v) is 4.19. The largest absolute Gasteiger partial charge is 0.397 e. The maximum atomic E-state index is 12.2. The monoisotopic (exact) mass is 287 g/mol. The zero-order valence-corrected chi connectivity index (χ0v) is 11.7. The summed E-state index contributed by atoms with van der Waals surface area (Å²) in [4.78, 5) is 12.7. The number of nitrogen functional groups attached to an aromatic ring is 1. The number of amides is 1. The highest BCUT2D eigenvalue weighted by atomic mass is 32.1. The molecule has 102 valence electrons. The first-order chi connectivity index (χ1) is 9.65. The van der Waals surface area contributed by atoms with Crippen LogP contribution in [0.5, 0.6) is 0 Å². The first-order valence-corrected chi connectivity index (χ1v) is 6.93. The molecule has 0 bridgehead atoms. The Morgan fingerprint density at radius 2 is 2.30 bits per heavy atom. The first kappa shape index (κ1) is 12.7. The Morgan fingerprint density at radius 3 is 3.05 bits per heavy atom. The maximum absolute atomic E-state index is 12.2. The predicted molar refractivity (Wildman–Crippen MR) is 78.6 cm³/mol. The summed E-state index contributed by atoms with van der Waals surface area (Å²) in [5.41, 5.74) is 7.72. The van der Waals surface area contributed by atoms with Gasteiger partial charge in [0.15, 0.2) is 5.76 Å². The highest BCUT2D eigenvalue weighted by Crippen LogP contribution is 2.34. The molecule has 0 aliphatic rings. The maximum Gasteiger partial charge on any atom is 0.263 e. The fourth-order valence-electron chi connectivity index (χ4n) is 1.98. The van der Waals surface area contributed by atoms with Crippen LogP contribution < -0.4 is 11.1 Å². The SMILES string of the molecule is Cc1ccc2sc(C(=O)NCc3ccno3)c(N)c2c1. The van der Waals surface area contributed by atoms with Gasteiger partial charge in [0.25, 0.3) is 5.91 Å². The standard InChI is InChI=1S/C14H13N3O2S/c1-8-2-3-11-10(6-8)12(15)13(20-11)14(18)16-7-9-4-5-17-19-9/h2-6H,7,15H2,1H3,(H,16,18). The van der Waals surface area contributed by atoms with Crippen LogP contribution in [-0.4, -0.2) is 11.1 Å². The minimum absolute atomic E-state index is 0.197. The van der Waals surface area contributed by atoms with Crippen molar-refractivity contribution in [2.75, 3.05) is 5.73 Å². The second kappa shape index (κ2) is 4.97. The van der Waals surface area contributed by atoms with Crippen LogP contribution in [0, 0.1) is 6.92 Å². The van der Waals surface area contributed by atoms with Crippen molar-refractivity contribution in [3.8, 4) is 0 Å². The van der Waals surface area contributed by atoms with Crippen molar-refractivity contribution in [3.63, 3.8) is 0 Å². The number of hydrogen-bond donors (Lipinski definition) is 2. The lowest BCUT2D eigenvalue weighted by Gasteiger charge is -2.01. The molecule has 0 spiro atoms. The molecule has 2 aromatic heterocycles. The summed E-state index contributed by atoms with van der Waals surface area (Å²) in [5.74, 6) is 0.409. The molecule has 1 amide bonds. The zero-order valence-electron chi connectivity index (χ0n) is 10.8. The molecule has 0 unspecified atom stereocenters. The van der Waals surface area contributed by atoms with Gasteiger partial charge in [0, 0.05) is 16.2 Å². The van der Waals surface area contributed by atoms with E-state index in [0.717, 1.165) is 15.6 Å². The van der Waals surface area contributed by atoms with Crippen LogP contribution in [0.15, 0.2) is 35.0 Å². The van der Waals surface area contributed by atoms with Crippen LogP contribution in [0.3, 0.4) is 0 Å². The molecule has 1 aromatic carbocycles. The Labute approximate surface area is 119 Å². The average Bonchev–Trinajstić information content (AvgIpc) is 3.05. The van der Waals surface area contributed by atoms with Crippen LogP contribution >= 0.6 is 11.3 Å². The van der Waals surface area contributed by atoms with Crippen molar-refractivity contribution < 1.29 is 9.32 Å². The number of rotatable bonds is 3. The predicted octanol–water partition coefficient (Wildman–Crippen LogP) is 2.71. The summed E-state index contributed by atoms with van der Waals surface area (Å²) in [5, 5.41) is 7.29. The molecule has 3 N–H and O–H groups in total. The van der Waals surface area contributed by atoms with Gasteiger partial charge in [-0.15, -0.1) is 11.3 Å². The third-order valence-electron chi connectivity index (χ3n) is 3.00.